The van der Waals surface area contributed by atoms with Crippen LogP contribution in [0.25, 0.3) is 0 Å². The van der Waals surface area contributed by atoms with Crippen molar-refractivity contribution in [3.8, 4) is 5.88 Å². The molecular formula is C19H23FN2O3. The molecule has 1 aromatic heterocycles. The van der Waals surface area contributed by atoms with Crippen LogP contribution in [-0.2, 0) is 6.61 Å². The second-order valence-corrected chi connectivity index (χ2v) is 7.05. The predicted molar refractivity (Wildman–Crippen MR) is 94.2 cm³/mol. The average Bonchev–Trinajstić information content (AvgIpc) is 2.52. The molecule has 6 heteroatoms. The van der Waals surface area contributed by atoms with Crippen LogP contribution >= 0.6 is 0 Å². The van der Waals surface area contributed by atoms with Crippen molar-refractivity contribution >= 4 is 5.91 Å². The van der Waals surface area contributed by atoms with Gasteiger partial charge in [0.25, 0.3) is 11.5 Å². The molecule has 0 fully saturated rings. The average molecular weight is 346 g/mol. The minimum atomic E-state index is -0.532. The van der Waals surface area contributed by atoms with Crippen LogP contribution in [0.3, 0.4) is 0 Å². The van der Waals surface area contributed by atoms with E-state index < -0.39 is 11.5 Å². The summed E-state index contributed by atoms with van der Waals surface area (Å²) in [4.78, 5) is 26.9. The van der Waals surface area contributed by atoms with E-state index >= 15 is 0 Å². The minimum absolute atomic E-state index is 0.0224. The van der Waals surface area contributed by atoms with Crippen molar-refractivity contribution in [2.45, 2.75) is 40.3 Å². The Hall–Kier alpha value is -2.63. The maximum atomic E-state index is 13.1. The first-order chi connectivity index (χ1) is 11.7. The lowest BCUT2D eigenvalue weighted by Crippen LogP contribution is -2.43. The molecule has 25 heavy (non-hydrogen) atoms. The van der Waals surface area contributed by atoms with Crippen LogP contribution < -0.4 is 15.6 Å². The number of H-pyrrole nitrogens is 1. The van der Waals surface area contributed by atoms with Gasteiger partial charge in [0.1, 0.15) is 18.0 Å². The van der Waals surface area contributed by atoms with Crippen LogP contribution in [0.1, 0.15) is 43.6 Å². The quantitative estimate of drug-likeness (QED) is 0.873. The van der Waals surface area contributed by atoms with Crippen molar-refractivity contribution in [3.63, 3.8) is 0 Å². The number of carbonyl (C=O) groups is 1. The van der Waals surface area contributed by atoms with Crippen LogP contribution in [0.4, 0.5) is 4.39 Å². The van der Waals surface area contributed by atoms with Crippen LogP contribution in [-0.4, -0.2) is 16.9 Å². The van der Waals surface area contributed by atoms with Crippen molar-refractivity contribution in [3.05, 3.63) is 63.7 Å². The lowest BCUT2D eigenvalue weighted by molar-refractivity contribution is 0.0908. The summed E-state index contributed by atoms with van der Waals surface area (Å²) in [6.07, 6.45) is 0. The second-order valence-electron chi connectivity index (χ2n) is 7.05. The summed E-state index contributed by atoms with van der Waals surface area (Å²) in [5.41, 5.74) is 0.0161. The highest BCUT2D eigenvalue weighted by molar-refractivity contribution is 5.94. The fourth-order valence-electron chi connectivity index (χ4n) is 2.00. The van der Waals surface area contributed by atoms with Crippen LogP contribution in [0.2, 0.25) is 0 Å². The number of rotatable bonds is 5. The third-order valence-corrected chi connectivity index (χ3v) is 4.06. The molecule has 2 rings (SSSR count). The molecule has 0 aliphatic carbocycles. The molecule has 0 spiro atoms. The summed E-state index contributed by atoms with van der Waals surface area (Å²) in [5.74, 6) is -0.565. The van der Waals surface area contributed by atoms with Gasteiger partial charge in [0.05, 0.1) is 0 Å². The first-order valence-corrected chi connectivity index (χ1v) is 8.08. The molecule has 2 aromatic rings. The lowest BCUT2D eigenvalue weighted by atomic mass is 9.88. The molecule has 0 radical (unpaired) electrons. The largest absolute Gasteiger partial charge is 0.474 e. The summed E-state index contributed by atoms with van der Waals surface area (Å²) in [6, 6.07) is 8.84. The zero-order chi connectivity index (χ0) is 18.6. The maximum absolute atomic E-state index is 13.1. The van der Waals surface area contributed by atoms with Crippen LogP contribution in [0, 0.1) is 11.2 Å². The molecule has 1 unspecified atom stereocenters. The highest BCUT2D eigenvalue weighted by Gasteiger charge is 2.23. The summed E-state index contributed by atoms with van der Waals surface area (Å²) in [6.45, 7) is 8.02. The number of benzene rings is 1. The number of aromatic nitrogens is 1. The Morgan fingerprint density at radius 1 is 1.28 bits per heavy atom. The molecule has 134 valence electrons. The van der Waals surface area contributed by atoms with E-state index in [0.29, 0.717) is 5.56 Å². The van der Waals surface area contributed by atoms with Gasteiger partial charge in [-0.05, 0) is 42.2 Å². The molecule has 0 aliphatic rings. The standard InChI is InChI=1S/C19H23FN2O3/c1-12(19(2,3)4)21-17(23)15-8-9-16(22-18(15)24)25-11-13-6-5-7-14(20)10-13/h5-10,12H,11H2,1-4H3,(H,21,23)(H,22,24). The van der Waals surface area contributed by atoms with Gasteiger partial charge in [-0.1, -0.05) is 32.9 Å². The van der Waals surface area contributed by atoms with Crippen LogP contribution in [0.15, 0.2) is 41.2 Å². The highest BCUT2D eigenvalue weighted by atomic mass is 19.1. The van der Waals surface area contributed by atoms with E-state index in [1.54, 1.807) is 12.1 Å². The molecule has 1 atom stereocenters. The van der Waals surface area contributed by atoms with Gasteiger partial charge < -0.3 is 10.1 Å². The fourth-order valence-corrected chi connectivity index (χ4v) is 2.00. The number of aromatic amines is 1. The van der Waals surface area contributed by atoms with E-state index in [1.807, 2.05) is 27.7 Å². The number of hydrogen-bond donors (Lipinski definition) is 2. The molecule has 1 heterocycles. The Balaban J connectivity index is 2.05. The van der Waals surface area contributed by atoms with E-state index in [-0.39, 0.29) is 35.3 Å². The van der Waals surface area contributed by atoms with Crippen molar-refractivity contribution < 1.29 is 13.9 Å². The Morgan fingerprint density at radius 2 is 2.00 bits per heavy atom. The van der Waals surface area contributed by atoms with Gasteiger partial charge in [-0.25, -0.2) is 4.39 Å². The summed E-state index contributed by atoms with van der Waals surface area (Å²) >= 11 is 0. The molecular weight excluding hydrogens is 323 g/mol. The molecule has 5 nitrogen and oxygen atoms in total. The van der Waals surface area contributed by atoms with Crippen molar-refractivity contribution in [1.82, 2.24) is 10.3 Å². The Morgan fingerprint density at radius 3 is 2.60 bits per heavy atom. The number of ether oxygens (including phenoxy) is 1. The van der Waals surface area contributed by atoms with Crippen molar-refractivity contribution in [2.75, 3.05) is 0 Å². The zero-order valence-electron chi connectivity index (χ0n) is 14.9. The number of halogens is 1. The smallest absolute Gasteiger partial charge is 0.263 e. The Kier molecular flexibility index (Phi) is 5.62. The monoisotopic (exact) mass is 346 g/mol. The Labute approximate surface area is 146 Å². The predicted octanol–water partition coefficient (Wildman–Crippen LogP) is 3.26. The van der Waals surface area contributed by atoms with E-state index in [1.165, 1.54) is 24.3 Å². The molecule has 0 bridgehead atoms. The first-order valence-electron chi connectivity index (χ1n) is 8.08. The minimum Gasteiger partial charge on any atom is -0.474 e. The van der Waals surface area contributed by atoms with Gasteiger partial charge in [-0.15, -0.1) is 0 Å². The van der Waals surface area contributed by atoms with Gasteiger partial charge in [0.2, 0.25) is 0 Å². The van der Waals surface area contributed by atoms with Gasteiger partial charge in [-0.3, -0.25) is 14.6 Å². The SMILES string of the molecule is CC(NC(=O)c1ccc(OCc2cccc(F)c2)[nH]c1=O)C(C)(C)C. The molecule has 0 saturated heterocycles. The number of nitrogens with one attached hydrogen (secondary N) is 2. The highest BCUT2D eigenvalue weighted by Crippen LogP contribution is 2.18. The first kappa shape index (κ1) is 18.7. The number of carbonyl (C=O) groups excluding carboxylic acids is 1. The summed E-state index contributed by atoms with van der Waals surface area (Å²) < 4.78 is 18.6. The van der Waals surface area contributed by atoms with Crippen molar-refractivity contribution in [2.24, 2.45) is 5.41 Å². The molecule has 0 aliphatic heterocycles. The van der Waals surface area contributed by atoms with Gasteiger partial charge >= 0.3 is 0 Å². The molecule has 2 N–H and O–H groups in total. The summed E-state index contributed by atoms with van der Waals surface area (Å²) in [7, 11) is 0. The third kappa shape index (κ3) is 5.17. The van der Waals surface area contributed by atoms with E-state index in [4.69, 9.17) is 4.74 Å². The van der Waals surface area contributed by atoms with Gasteiger partial charge in [-0.2, -0.15) is 0 Å². The van der Waals surface area contributed by atoms with E-state index in [0.717, 1.165) is 0 Å². The molecule has 1 amide bonds. The topological polar surface area (TPSA) is 71.2 Å². The van der Waals surface area contributed by atoms with Crippen molar-refractivity contribution in [1.29, 1.82) is 0 Å². The van der Waals surface area contributed by atoms with Gasteiger partial charge in [0.15, 0.2) is 5.88 Å². The van der Waals surface area contributed by atoms with E-state index in [2.05, 4.69) is 10.3 Å². The fraction of sp³-hybridized carbons (Fsp3) is 0.368. The van der Waals surface area contributed by atoms with Crippen LogP contribution in [0.5, 0.6) is 5.88 Å². The Bertz CT molecular complexity index is 809. The van der Waals surface area contributed by atoms with E-state index in [9.17, 15) is 14.0 Å². The molecule has 0 saturated carbocycles. The normalized spacial score (nSPS) is 12.5. The number of hydrogen-bond acceptors (Lipinski definition) is 3. The number of pyridine rings is 1. The summed E-state index contributed by atoms with van der Waals surface area (Å²) in [5, 5.41) is 2.82. The molecule has 1 aromatic carbocycles. The lowest BCUT2D eigenvalue weighted by Gasteiger charge is -2.27. The van der Waals surface area contributed by atoms with Gasteiger partial charge in [0, 0.05) is 6.04 Å². The maximum Gasteiger partial charge on any atom is 0.263 e. The zero-order valence-corrected chi connectivity index (χ0v) is 14.9. The number of amides is 1. The third-order valence-electron chi connectivity index (χ3n) is 4.06. The second kappa shape index (κ2) is 7.51.